The van der Waals surface area contributed by atoms with Crippen LogP contribution >= 0.6 is 0 Å². The molecule has 206 valence electrons. The van der Waals surface area contributed by atoms with Crippen LogP contribution in [0.1, 0.15) is 24.1 Å². The van der Waals surface area contributed by atoms with Crippen molar-refractivity contribution < 1.29 is 8.42 Å². The summed E-state index contributed by atoms with van der Waals surface area (Å²) >= 11 is 0. The maximum atomic E-state index is 11.5. The number of hydrogen-bond donors (Lipinski definition) is 3. The lowest BCUT2D eigenvalue weighted by atomic mass is 10.1. The molecule has 0 saturated heterocycles. The van der Waals surface area contributed by atoms with E-state index in [4.69, 9.17) is 9.97 Å². The van der Waals surface area contributed by atoms with Crippen LogP contribution in [0.2, 0.25) is 0 Å². The van der Waals surface area contributed by atoms with E-state index in [0.29, 0.717) is 12.4 Å². The van der Waals surface area contributed by atoms with E-state index in [1.54, 1.807) is 6.20 Å². The molecule has 3 aromatic carbocycles. The Bertz CT molecular complexity index is 1730. The van der Waals surface area contributed by atoms with E-state index in [0.717, 1.165) is 45.2 Å². The van der Waals surface area contributed by atoms with E-state index in [2.05, 4.69) is 50.6 Å². The van der Waals surface area contributed by atoms with Crippen molar-refractivity contribution >= 4 is 44.1 Å². The minimum atomic E-state index is -3.01. The van der Waals surface area contributed by atoms with Gasteiger partial charge in [-0.3, -0.25) is 0 Å². The van der Waals surface area contributed by atoms with Gasteiger partial charge < -0.3 is 20.5 Å². The molecule has 0 radical (unpaired) electrons. The van der Waals surface area contributed by atoms with Gasteiger partial charge in [-0.1, -0.05) is 42.5 Å². The molecule has 9 nitrogen and oxygen atoms in total. The van der Waals surface area contributed by atoms with Gasteiger partial charge >= 0.3 is 0 Å². The third-order valence-corrected chi connectivity index (χ3v) is 7.80. The summed E-state index contributed by atoms with van der Waals surface area (Å²) in [4.78, 5) is 14.3. The van der Waals surface area contributed by atoms with Crippen molar-refractivity contribution in [3.8, 4) is 11.3 Å². The minimum Gasteiger partial charge on any atom is -0.388 e. The Kier molecular flexibility index (Phi) is 7.70. The SMILES string of the molecule is CNc1ccc2c(nc(NC(C)c3ccccc3)n2C)c1-c1ccnc(Nc2ccc(CCS(C)(=O)=O)cc2)n1. The van der Waals surface area contributed by atoms with Crippen molar-refractivity contribution in [2.24, 2.45) is 7.05 Å². The van der Waals surface area contributed by atoms with Gasteiger partial charge in [-0.2, -0.15) is 0 Å². The first-order valence-electron chi connectivity index (χ1n) is 13.1. The molecule has 5 rings (SSSR count). The summed E-state index contributed by atoms with van der Waals surface area (Å²) in [5.41, 5.74) is 7.29. The molecule has 0 amide bonds. The van der Waals surface area contributed by atoms with E-state index in [1.165, 1.54) is 11.8 Å². The predicted molar refractivity (Wildman–Crippen MR) is 163 cm³/mol. The summed E-state index contributed by atoms with van der Waals surface area (Å²) in [6.07, 6.45) is 3.46. The molecule has 0 aliphatic heterocycles. The number of benzene rings is 3. The lowest BCUT2D eigenvalue weighted by molar-refractivity contribution is 0.601. The maximum absolute atomic E-state index is 11.5. The van der Waals surface area contributed by atoms with Crippen molar-refractivity contribution in [3.63, 3.8) is 0 Å². The molecule has 2 aromatic heterocycles. The number of fused-ring (bicyclic) bond motifs is 1. The van der Waals surface area contributed by atoms with E-state index in [9.17, 15) is 8.42 Å². The number of nitrogens with one attached hydrogen (secondary N) is 3. The van der Waals surface area contributed by atoms with E-state index in [1.807, 2.05) is 68.7 Å². The van der Waals surface area contributed by atoms with Gasteiger partial charge in [0.25, 0.3) is 0 Å². The van der Waals surface area contributed by atoms with Crippen LogP contribution in [0.25, 0.3) is 22.3 Å². The number of nitrogens with zero attached hydrogens (tertiary/aromatic N) is 4. The first kappa shape index (κ1) is 27.1. The molecule has 0 saturated carbocycles. The van der Waals surface area contributed by atoms with Crippen molar-refractivity contribution in [2.75, 3.05) is 35.0 Å². The van der Waals surface area contributed by atoms with Crippen LogP contribution in [-0.4, -0.2) is 47.0 Å². The first-order chi connectivity index (χ1) is 19.2. The summed E-state index contributed by atoms with van der Waals surface area (Å²) in [6.45, 7) is 2.12. The third kappa shape index (κ3) is 6.07. The van der Waals surface area contributed by atoms with Crippen LogP contribution in [0.15, 0.2) is 79.0 Å². The molecular weight excluding hydrogens is 522 g/mol. The lowest BCUT2D eigenvalue weighted by Gasteiger charge is -2.14. The summed E-state index contributed by atoms with van der Waals surface area (Å²) in [5, 5.41) is 10.1. The average Bonchev–Trinajstić information content (AvgIpc) is 3.27. The zero-order chi connectivity index (χ0) is 28.3. The quantitative estimate of drug-likeness (QED) is 0.205. The standard InChI is InChI=1S/C30H33N7O2S/c1-20(22-8-6-5-7-9-22)33-30-36-28-26(37(30)3)15-14-24(31-2)27(28)25-16-18-32-29(35-25)34-23-12-10-21(11-13-23)17-19-40(4,38)39/h5-16,18,20,31H,17,19H2,1-4H3,(H,33,36)(H,32,34,35). The molecule has 3 N–H and O–H groups in total. The third-order valence-electron chi connectivity index (χ3n) is 6.85. The van der Waals surface area contributed by atoms with Gasteiger partial charge in [-0.05, 0) is 54.8 Å². The topological polar surface area (TPSA) is 114 Å². The van der Waals surface area contributed by atoms with Gasteiger partial charge in [0.1, 0.15) is 15.4 Å². The van der Waals surface area contributed by atoms with Crippen molar-refractivity contribution in [3.05, 3.63) is 90.1 Å². The van der Waals surface area contributed by atoms with Gasteiger partial charge in [0.15, 0.2) is 0 Å². The maximum Gasteiger partial charge on any atom is 0.227 e. The van der Waals surface area contributed by atoms with E-state index < -0.39 is 9.84 Å². The highest BCUT2D eigenvalue weighted by Crippen LogP contribution is 2.36. The first-order valence-corrected chi connectivity index (χ1v) is 15.1. The normalized spacial score (nSPS) is 12.3. The van der Waals surface area contributed by atoms with E-state index in [-0.39, 0.29) is 11.8 Å². The molecule has 2 heterocycles. The molecule has 0 bridgehead atoms. The largest absolute Gasteiger partial charge is 0.388 e. The molecule has 0 aliphatic carbocycles. The smallest absolute Gasteiger partial charge is 0.227 e. The second-order valence-electron chi connectivity index (χ2n) is 9.84. The number of anilines is 4. The average molecular weight is 556 g/mol. The molecule has 1 atom stereocenters. The van der Waals surface area contributed by atoms with Crippen LogP contribution in [0.3, 0.4) is 0 Å². The Hall–Kier alpha value is -4.44. The van der Waals surface area contributed by atoms with Crippen molar-refractivity contribution in [1.82, 2.24) is 19.5 Å². The Morgan fingerprint density at radius 1 is 0.950 bits per heavy atom. The van der Waals surface area contributed by atoms with Crippen molar-refractivity contribution in [1.29, 1.82) is 0 Å². The van der Waals surface area contributed by atoms with Gasteiger partial charge in [0.2, 0.25) is 11.9 Å². The Morgan fingerprint density at radius 2 is 1.70 bits per heavy atom. The molecule has 0 fully saturated rings. The summed E-state index contributed by atoms with van der Waals surface area (Å²) in [6, 6.07) is 24.0. The van der Waals surface area contributed by atoms with Crippen LogP contribution in [-0.2, 0) is 23.3 Å². The number of sulfone groups is 1. The number of aromatic nitrogens is 4. The highest BCUT2D eigenvalue weighted by atomic mass is 32.2. The monoisotopic (exact) mass is 555 g/mol. The van der Waals surface area contributed by atoms with Gasteiger partial charge in [-0.15, -0.1) is 0 Å². The fourth-order valence-corrected chi connectivity index (χ4v) is 5.23. The second-order valence-corrected chi connectivity index (χ2v) is 12.1. The molecule has 0 aliphatic rings. The van der Waals surface area contributed by atoms with Gasteiger partial charge in [0, 0.05) is 37.9 Å². The lowest BCUT2D eigenvalue weighted by Crippen LogP contribution is -2.10. The van der Waals surface area contributed by atoms with E-state index >= 15 is 0 Å². The Labute approximate surface area is 234 Å². The fraction of sp³-hybridized carbons (Fsp3) is 0.233. The Morgan fingerprint density at radius 3 is 2.40 bits per heavy atom. The van der Waals surface area contributed by atoms with Gasteiger partial charge in [0.05, 0.1) is 28.6 Å². The van der Waals surface area contributed by atoms with Gasteiger partial charge in [-0.25, -0.2) is 23.4 Å². The highest BCUT2D eigenvalue weighted by molar-refractivity contribution is 7.90. The minimum absolute atomic E-state index is 0.0801. The van der Waals surface area contributed by atoms with Crippen molar-refractivity contribution in [2.45, 2.75) is 19.4 Å². The molecule has 10 heteroatoms. The second kappa shape index (κ2) is 11.4. The molecule has 1 unspecified atom stereocenters. The van der Waals surface area contributed by atoms with Crippen LogP contribution < -0.4 is 16.0 Å². The van der Waals surface area contributed by atoms with Crippen LogP contribution in [0.5, 0.6) is 0 Å². The summed E-state index contributed by atoms with van der Waals surface area (Å²) in [5.74, 6) is 1.34. The number of imidazole rings is 1. The summed E-state index contributed by atoms with van der Waals surface area (Å²) in [7, 11) is 0.884. The highest BCUT2D eigenvalue weighted by Gasteiger charge is 2.19. The predicted octanol–water partition coefficient (Wildman–Crippen LogP) is 5.58. The van der Waals surface area contributed by atoms with Crippen LogP contribution in [0, 0.1) is 0 Å². The Balaban J connectivity index is 1.44. The zero-order valence-corrected chi connectivity index (χ0v) is 23.8. The molecule has 5 aromatic rings. The van der Waals surface area contributed by atoms with Crippen LogP contribution in [0.4, 0.5) is 23.3 Å². The number of aryl methyl sites for hydroxylation is 2. The molecule has 40 heavy (non-hydrogen) atoms. The zero-order valence-electron chi connectivity index (χ0n) is 23.0. The summed E-state index contributed by atoms with van der Waals surface area (Å²) < 4.78 is 25.0. The molecular formula is C30H33N7O2S. The number of rotatable bonds is 10. The number of hydrogen-bond acceptors (Lipinski definition) is 8. The fourth-order valence-electron chi connectivity index (χ4n) is 4.62. The molecule has 0 spiro atoms.